The quantitative estimate of drug-likeness (QED) is 0.186. The summed E-state index contributed by atoms with van der Waals surface area (Å²) in [5.41, 5.74) is 3.03. The van der Waals surface area contributed by atoms with E-state index >= 15 is 0 Å². The Morgan fingerprint density at radius 2 is 1.52 bits per heavy atom. The summed E-state index contributed by atoms with van der Waals surface area (Å²) < 4.78 is 5.43. The van der Waals surface area contributed by atoms with E-state index in [1.807, 2.05) is 24.3 Å². The summed E-state index contributed by atoms with van der Waals surface area (Å²) >= 11 is 0. The number of ether oxygens (including phenoxy) is 1. The van der Waals surface area contributed by atoms with Gasteiger partial charge >= 0.3 is 5.97 Å². The van der Waals surface area contributed by atoms with Crippen molar-refractivity contribution >= 4 is 40.2 Å². The van der Waals surface area contributed by atoms with Crippen LogP contribution in [-0.4, -0.2) is 35.2 Å². The van der Waals surface area contributed by atoms with Gasteiger partial charge in [0.05, 0.1) is 34.3 Å². The minimum absolute atomic E-state index is 0.0989. The number of anilines is 1. The first-order chi connectivity index (χ1) is 19.5. The maximum atomic E-state index is 13.4. The lowest BCUT2D eigenvalue weighted by Crippen LogP contribution is -2.32. The number of aromatic nitrogens is 1. The average Bonchev–Trinajstić information content (AvgIpc) is 3.69. The van der Waals surface area contributed by atoms with Crippen LogP contribution in [0.4, 0.5) is 5.69 Å². The van der Waals surface area contributed by atoms with Gasteiger partial charge in [-0.2, -0.15) is 0 Å². The molecule has 1 aliphatic heterocycles. The number of para-hydroxylation sites is 1. The molecule has 2 saturated carbocycles. The molecule has 198 valence electrons. The maximum Gasteiger partial charge on any atom is 0.339 e. The molecule has 0 radical (unpaired) electrons. The molecule has 0 N–H and O–H groups in total. The second-order valence-electron chi connectivity index (χ2n) is 10.9. The van der Waals surface area contributed by atoms with E-state index in [1.54, 1.807) is 60.7 Å². The molecule has 40 heavy (non-hydrogen) atoms. The van der Waals surface area contributed by atoms with Crippen LogP contribution in [0.15, 0.2) is 84.9 Å². The van der Waals surface area contributed by atoms with Crippen molar-refractivity contribution in [1.82, 2.24) is 4.98 Å². The number of amides is 2. The largest absolute Gasteiger partial charge is 0.454 e. The summed E-state index contributed by atoms with van der Waals surface area (Å²) in [6.07, 6.45) is 3.03. The highest BCUT2D eigenvalue weighted by atomic mass is 16.5. The molecule has 2 aliphatic carbocycles. The van der Waals surface area contributed by atoms with Crippen LogP contribution in [0, 0.1) is 23.7 Å². The van der Waals surface area contributed by atoms with E-state index in [0.717, 1.165) is 19.3 Å². The van der Waals surface area contributed by atoms with Crippen LogP contribution in [0.25, 0.3) is 22.2 Å². The van der Waals surface area contributed by atoms with E-state index in [1.165, 1.54) is 4.90 Å². The number of carbonyl (C=O) groups excluding carboxylic acids is 4. The maximum absolute atomic E-state index is 13.4. The van der Waals surface area contributed by atoms with Crippen molar-refractivity contribution < 1.29 is 23.9 Å². The lowest BCUT2D eigenvalue weighted by Gasteiger charge is -2.19. The van der Waals surface area contributed by atoms with E-state index in [4.69, 9.17) is 9.72 Å². The Kier molecular flexibility index (Phi) is 5.81. The van der Waals surface area contributed by atoms with Crippen molar-refractivity contribution in [3.8, 4) is 11.3 Å². The molecule has 7 nitrogen and oxygen atoms in total. The number of nitrogens with zero attached hydrogens (tertiary/aromatic N) is 2. The van der Waals surface area contributed by atoms with Gasteiger partial charge in [0.15, 0.2) is 12.4 Å². The number of Topliss-reactive ketones (excluding diaryl/α,β-unsaturated/α-hetero) is 1. The lowest BCUT2D eigenvalue weighted by atomic mass is 9.81. The summed E-state index contributed by atoms with van der Waals surface area (Å²) in [5, 5.41) is 0.604. The molecular weight excluding hydrogens is 504 g/mol. The van der Waals surface area contributed by atoms with Crippen LogP contribution in [0.5, 0.6) is 0 Å². The van der Waals surface area contributed by atoms with E-state index in [2.05, 4.69) is 0 Å². The highest BCUT2D eigenvalue weighted by Gasteiger charge is 2.61. The number of pyridine rings is 1. The highest BCUT2D eigenvalue weighted by molar-refractivity contribution is 6.22. The molecule has 7 heteroatoms. The monoisotopic (exact) mass is 530 g/mol. The van der Waals surface area contributed by atoms with Gasteiger partial charge in [0.2, 0.25) is 11.8 Å². The van der Waals surface area contributed by atoms with Crippen molar-refractivity contribution in [2.24, 2.45) is 23.7 Å². The summed E-state index contributed by atoms with van der Waals surface area (Å²) in [7, 11) is 0. The number of imide groups is 1. The van der Waals surface area contributed by atoms with E-state index in [0.29, 0.717) is 45.2 Å². The molecule has 3 aromatic carbocycles. The van der Waals surface area contributed by atoms with Crippen molar-refractivity contribution in [1.29, 1.82) is 0 Å². The average molecular weight is 531 g/mol. The normalized spacial score (nSPS) is 23.1. The third-order valence-corrected chi connectivity index (χ3v) is 8.69. The van der Waals surface area contributed by atoms with E-state index in [9.17, 15) is 19.2 Å². The molecule has 1 saturated heterocycles. The number of carbonyl (C=O) groups is 4. The Hall–Kier alpha value is -4.65. The van der Waals surface area contributed by atoms with Gasteiger partial charge in [-0.15, -0.1) is 0 Å². The van der Waals surface area contributed by atoms with Gasteiger partial charge in [-0.25, -0.2) is 9.78 Å². The predicted octanol–water partition coefficient (Wildman–Crippen LogP) is 5.48. The summed E-state index contributed by atoms with van der Waals surface area (Å²) in [6.45, 7) is -0.381. The second kappa shape index (κ2) is 9.52. The molecular formula is C33H26N2O5. The molecule has 1 aromatic heterocycles. The Morgan fingerprint density at radius 1 is 0.825 bits per heavy atom. The van der Waals surface area contributed by atoms with Crippen LogP contribution in [-0.2, 0) is 14.3 Å². The van der Waals surface area contributed by atoms with Crippen molar-refractivity contribution in [2.75, 3.05) is 11.5 Å². The minimum atomic E-state index is -0.631. The second-order valence-corrected chi connectivity index (χ2v) is 10.9. The molecule has 4 atom stereocenters. The van der Waals surface area contributed by atoms with E-state index < -0.39 is 5.97 Å². The molecule has 4 aromatic rings. The Labute approximate surface area is 230 Å². The van der Waals surface area contributed by atoms with Gasteiger partial charge in [-0.05, 0) is 55.4 Å². The van der Waals surface area contributed by atoms with Crippen LogP contribution in [0.1, 0.15) is 40.0 Å². The number of hydrogen-bond acceptors (Lipinski definition) is 6. The third-order valence-electron chi connectivity index (χ3n) is 8.69. The molecule has 4 unspecified atom stereocenters. The first kappa shape index (κ1) is 24.4. The van der Waals surface area contributed by atoms with Gasteiger partial charge < -0.3 is 4.74 Å². The van der Waals surface area contributed by atoms with Crippen LogP contribution in [0.3, 0.4) is 0 Å². The number of hydrogen-bond donors (Lipinski definition) is 0. The van der Waals surface area contributed by atoms with Crippen molar-refractivity contribution in [3.63, 3.8) is 0 Å². The Bertz CT molecular complexity index is 1670. The standard InChI is InChI=1S/C33H26N2O5/c36-28(19-7-2-1-3-8-19)18-40-33(39)25-17-27(34-26-12-5-4-11-24(25)26)20-9-6-10-23(16-20)35-31(37)29-21-13-14-22(15-21)30(29)32(35)38/h1-12,16-17,21-22,29-30H,13-15,18H2. The van der Waals surface area contributed by atoms with Crippen LogP contribution < -0.4 is 4.90 Å². The number of esters is 1. The highest BCUT2D eigenvalue weighted by Crippen LogP contribution is 2.56. The third kappa shape index (κ3) is 3.92. The summed E-state index contributed by atoms with van der Waals surface area (Å²) in [6, 6.07) is 24.7. The predicted molar refractivity (Wildman–Crippen MR) is 149 cm³/mol. The van der Waals surface area contributed by atoms with Crippen molar-refractivity contribution in [3.05, 3.63) is 96.1 Å². The molecule has 3 aliphatic rings. The zero-order valence-corrected chi connectivity index (χ0v) is 21.7. The van der Waals surface area contributed by atoms with Gasteiger partial charge in [-0.1, -0.05) is 60.7 Å². The zero-order valence-electron chi connectivity index (χ0n) is 21.7. The fourth-order valence-electron chi connectivity index (χ4n) is 6.88. The molecule has 2 amide bonds. The molecule has 3 fully saturated rings. The molecule has 2 heterocycles. The lowest BCUT2D eigenvalue weighted by molar-refractivity contribution is -0.123. The first-order valence-corrected chi connectivity index (χ1v) is 13.6. The Morgan fingerprint density at radius 3 is 2.27 bits per heavy atom. The summed E-state index contributed by atoms with van der Waals surface area (Å²) in [4.78, 5) is 58.6. The van der Waals surface area contributed by atoms with Crippen LogP contribution >= 0.6 is 0 Å². The van der Waals surface area contributed by atoms with Crippen LogP contribution in [0.2, 0.25) is 0 Å². The van der Waals surface area contributed by atoms with Gasteiger partial charge in [0.25, 0.3) is 0 Å². The van der Waals surface area contributed by atoms with E-state index in [-0.39, 0.29) is 41.6 Å². The number of fused-ring (bicyclic) bond motifs is 6. The summed E-state index contributed by atoms with van der Waals surface area (Å²) in [5.74, 6) is -0.904. The minimum Gasteiger partial charge on any atom is -0.454 e. The fraction of sp³-hybridized carbons (Fsp3) is 0.242. The smallest absolute Gasteiger partial charge is 0.339 e. The van der Waals surface area contributed by atoms with Crippen molar-refractivity contribution in [2.45, 2.75) is 19.3 Å². The van der Waals surface area contributed by atoms with Gasteiger partial charge in [0, 0.05) is 16.5 Å². The van der Waals surface area contributed by atoms with Gasteiger partial charge in [0.1, 0.15) is 0 Å². The fourth-order valence-corrected chi connectivity index (χ4v) is 6.88. The number of rotatable bonds is 6. The molecule has 2 bridgehead atoms. The Balaban J connectivity index is 1.20. The molecule has 7 rings (SSSR count). The first-order valence-electron chi connectivity index (χ1n) is 13.6. The molecule has 0 spiro atoms. The van der Waals surface area contributed by atoms with Gasteiger partial charge in [-0.3, -0.25) is 19.3 Å². The zero-order chi connectivity index (χ0) is 27.4. The number of ketones is 1. The SMILES string of the molecule is O=C(COC(=O)c1cc(-c2cccc(N3C(=O)C4C5CCC(C5)C4C3=O)c2)nc2ccccc12)c1ccccc1. The topological polar surface area (TPSA) is 93.6 Å². The number of benzene rings is 3.